The molecule has 2 rings (SSSR count). The van der Waals surface area contributed by atoms with Gasteiger partial charge in [-0.15, -0.1) is 0 Å². The summed E-state index contributed by atoms with van der Waals surface area (Å²) in [6.45, 7) is 0. The maximum absolute atomic E-state index is 10.1. The van der Waals surface area contributed by atoms with E-state index in [1.54, 1.807) is 0 Å². The maximum Gasteiger partial charge on any atom is 0.0749 e. The molecule has 1 aromatic carbocycles. The van der Waals surface area contributed by atoms with Gasteiger partial charge >= 0.3 is 0 Å². The molecule has 0 bridgehead atoms. The van der Waals surface area contributed by atoms with Crippen LogP contribution in [0.3, 0.4) is 0 Å². The summed E-state index contributed by atoms with van der Waals surface area (Å²) >= 11 is 0. The average Bonchev–Trinajstić information content (AvgIpc) is 2.45. The summed E-state index contributed by atoms with van der Waals surface area (Å²) in [5.41, 5.74) is 1.37. The van der Waals surface area contributed by atoms with E-state index in [2.05, 4.69) is 30.3 Å². The highest BCUT2D eigenvalue weighted by Gasteiger charge is 2.18. The Kier molecular flexibility index (Phi) is 5.47. The van der Waals surface area contributed by atoms with E-state index in [1.165, 1.54) is 37.7 Å². The van der Waals surface area contributed by atoms with Crippen LogP contribution in [0.5, 0.6) is 0 Å². The van der Waals surface area contributed by atoms with Gasteiger partial charge in [0.1, 0.15) is 0 Å². The molecule has 1 fully saturated rings. The molecule has 0 saturated heterocycles. The van der Waals surface area contributed by atoms with Gasteiger partial charge < -0.3 is 5.11 Å². The van der Waals surface area contributed by atoms with E-state index in [-0.39, 0.29) is 6.10 Å². The third-order valence-corrected chi connectivity index (χ3v) is 3.91. The first-order valence-corrected chi connectivity index (χ1v) is 7.25. The lowest BCUT2D eigenvalue weighted by Gasteiger charge is -2.24. The van der Waals surface area contributed by atoms with Crippen molar-refractivity contribution in [3.05, 3.63) is 48.0 Å². The van der Waals surface area contributed by atoms with Crippen LogP contribution in [0, 0.1) is 5.92 Å². The molecule has 0 heterocycles. The molecule has 0 radical (unpaired) electrons. The van der Waals surface area contributed by atoms with Gasteiger partial charge in [0, 0.05) is 0 Å². The lowest BCUT2D eigenvalue weighted by atomic mass is 9.85. The zero-order valence-corrected chi connectivity index (χ0v) is 11.1. The number of aliphatic hydroxyl groups excluding tert-OH is 1. The number of aliphatic hydroxyl groups is 1. The molecule has 1 heteroatoms. The molecule has 0 spiro atoms. The summed E-state index contributed by atoms with van der Waals surface area (Å²) in [7, 11) is 0. The summed E-state index contributed by atoms with van der Waals surface area (Å²) in [5.74, 6) is 0.506. The van der Waals surface area contributed by atoms with E-state index in [0.717, 1.165) is 12.8 Å². The highest BCUT2D eigenvalue weighted by atomic mass is 16.3. The Bertz CT molecular complexity index is 349. The number of aryl methyl sites for hydroxylation is 1. The topological polar surface area (TPSA) is 20.2 Å². The Morgan fingerprint density at radius 3 is 2.56 bits per heavy atom. The molecule has 1 N–H and O–H groups in total. The largest absolute Gasteiger partial charge is 0.389 e. The van der Waals surface area contributed by atoms with Crippen molar-refractivity contribution >= 4 is 0 Å². The van der Waals surface area contributed by atoms with Gasteiger partial charge in [-0.25, -0.2) is 0 Å². The van der Waals surface area contributed by atoms with E-state index in [0.29, 0.717) is 5.92 Å². The van der Waals surface area contributed by atoms with E-state index in [4.69, 9.17) is 0 Å². The van der Waals surface area contributed by atoms with E-state index in [9.17, 15) is 5.11 Å². The fourth-order valence-electron chi connectivity index (χ4n) is 2.76. The van der Waals surface area contributed by atoms with Gasteiger partial charge in [0.2, 0.25) is 0 Å². The van der Waals surface area contributed by atoms with Crippen molar-refractivity contribution in [1.29, 1.82) is 0 Å². The molecule has 0 amide bonds. The number of rotatable bonds is 5. The minimum Gasteiger partial charge on any atom is -0.389 e. The standard InChI is InChI=1S/C17H24O/c18-17(16-12-5-2-6-13-16)14-8-7-11-15-9-3-1-4-10-15/h1,3-4,8-10,14,16-18H,2,5-7,11-13H2/b14-8-/t17-/m0/s1. The van der Waals surface area contributed by atoms with E-state index >= 15 is 0 Å². The Labute approximate surface area is 111 Å². The van der Waals surface area contributed by atoms with Gasteiger partial charge in [-0.05, 0) is 37.2 Å². The lowest BCUT2D eigenvalue weighted by molar-refractivity contribution is 0.125. The summed E-state index contributed by atoms with van der Waals surface area (Å²) < 4.78 is 0. The molecule has 0 aliphatic heterocycles. The maximum atomic E-state index is 10.1. The van der Waals surface area contributed by atoms with Crippen molar-refractivity contribution in [2.24, 2.45) is 5.92 Å². The van der Waals surface area contributed by atoms with Gasteiger partial charge in [0.15, 0.2) is 0 Å². The highest BCUT2D eigenvalue weighted by molar-refractivity contribution is 5.15. The van der Waals surface area contributed by atoms with Crippen LogP contribution in [0.25, 0.3) is 0 Å². The van der Waals surface area contributed by atoms with Crippen molar-refractivity contribution < 1.29 is 5.11 Å². The molecule has 1 aliphatic rings. The fraction of sp³-hybridized carbons (Fsp3) is 0.529. The highest BCUT2D eigenvalue weighted by Crippen LogP contribution is 2.26. The van der Waals surface area contributed by atoms with Gasteiger partial charge in [0.25, 0.3) is 0 Å². The normalized spacial score (nSPS) is 19.2. The quantitative estimate of drug-likeness (QED) is 0.773. The summed E-state index contributed by atoms with van der Waals surface area (Å²) in [4.78, 5) is 0. The Balaban J connectivity index is 1.70. The molecule has 0 aromatic heterocycles. The molecule has 1 aliphatic carbocycles. The zero-order valence-electron chi connectivity index (χ0n) is 11.1. The third kappa shape index (κ3) is 4.30. The van der Waals surface area contributed by atoms with Crippen LogP contribution in [0.15, 0.2) is 42.5 Å². The Morgan fingerprint density at radius 2 is 1.83 bits per heavy atom. The van der Waals surface area contributed by atoms with Crippen LogP contribution in [0.4, 0.5) is 0 Å². The molecule has 18 heavy (non-hydrogen) atoms. The summed E-state index contributed by atoms with van der Waals surface area (Å²) in [6, 6.07) is 10.5. The first kappa shape index (κ1) is 13.4. The van der Waals surface area contributed by atoms with Crippen LogP contribution in [-0.2, 0) is 6.42 Å². The second kappa shape index (κ2) is 7.38. The zero-order chi connectivity index (χ0) is 12.6. The molecule has 1 aromatic rings. The van der Waals surface area contributed by atoms with Gasteiger partial charge in [-0.2, -0.15) is 0 Å². The van der Waals surface area contributed by atoms with Crippen molar-refractivity contribution in [2.45, 2.75) is 51.0 Å². The van der Waals surface area contributed by atoms with Crippen molar-refractivity contribution in [3.8, 4) is 0 Å². The number of hydrogen-bond donors (Lipinski definition) is 1. The van der Waals surface area contributed by atoms with Crippen LogP contribution in [-0.4, -0.2) is 11.2 Å². The first-order chi connectivity index (χ1) is 8.86. The predicted octanol–water partition coefficient (Wildman–Crippen LogP) is 4.12. The van der Waals surface area contributed by atoms with Gasteiger partial charge in [0.05, 0.1) is 6.10 Å². The Hall–Kier alpha value is -1.08. The molecular weight excluding hydrogens is 220 g/mol. The minimum absolute atomic E-state index is 0.221. The summed E-state index contributed by atoms with van der Waals surface area (Å²) in [5, 5.41) is 10.1. The van der Waals surface area contributed by atoms with E-state index in [1.807, 2.05) is 12.1 Å². The lowest BCUT2D eigenvalue weighted by Crippen LogP contribution is -2.20. The van der Waals surface area contributed by atoms with Crippen LogP contribution >= 0.6 is 0 Å². The molecule has 1 nitrogen and oxygen atoms in total. The van der Waals surface area contributed by atoms with Crippen LogP contribution < -0.4 is 0 Å². The molecule has 1 saturated carbocycles. The average molecular weight is 244 g/mol. The van der Waals surface area contributed by atoms with E-state index < -0.39 is 0 Å². The molecule has 0 unspecified atom stereocenters. The number of allylic oxidation sites excluding steroid dienone is 1. The molecule has 98 valence electrons. The predicted molar refractivity (Wildman–Crippen MR) is 76.5 cm³/mol. The second-order valence-electron chi connectivity index (χ2n) is 5.34. The SMILES string of the molecule is O[C@@H](/C=C\CCc1ccccc1)C1CCCCC1. The first-order valence-electron chi connectivity index (χ1n) is 7.25. The minimum atomic E-state index is -0.221. The molecular formula is C17H24O. The second-order valence-corrected chi connectivity index (χ2v) is 5.34. The van der Waals surface area contributed by atoms with Crippen LogP contribution in [0.2, 0.25) is 0 Å². The monoisotopic (exact) mass is 244 g/mol. The fourth-order valence-corrected chi connectivity index (χ4v) is 2.76. The smallest absolute Gasteiger partial charge is 0.0749 e. The van der Waals surface area contributed by atoms with Crippen molar-refractivity contribution in [1.82, 2.24) is 0 Å². The van der Waals surface area contributed by atoms with Gasteiger partial charge in [-0.3, -0.25) is 0 Å². The number of hydrogen-bond acceptors (Lipinski definition) is 1. The molecule has 1 atom stereocenters. The third-order valence-electron chi connectivity index (χ3n) is 3.91. The summed E-state index contributed by atoms with van der Waals surface area (Å²) in [6.07, 6.45) is 12.4. The van der Waals surface area contributed by atoms with Gasteiger partial charge in [-0.1, -0.05) is 61.7 Å². The van der Waals surface area contributed by atoms with Crippen molar-refractivity contribution in [3.63, 3.8) is 0 Å². The Morgan fingerprint density at radius 1 is 1.11 bits per heavy atom. The van der Waals surface area contributed by atoms with Crippen molar-refractivity contribution in [2.75, 3.05) is 0 Å². The van der Waals surface area contributed by atoms with Crippen LogP contribution in [0.1, 0.15) is 44.1 Å². The number of benzene rings is 1.